The third-order valence-electron chi connectivity index (χ3n) is 3.79. The fourth-order valence-electron chi connectivity index (χ4n) is 2.36. The second-order valence-electron chi connectivity index (χ2n) is 6.15. The first-order valence-corrected chi connectivity index (χ1v) is 8.89. The van der Waals surface area contributed by atoms with Gasteiger partial charge in [-0.15, -0.1) is 0 Å². The zero-order valence-corrected chi connectivity index (χ0v) is 16.2. The Labute approximate surface area is 160 Å². The van der Waals surface area contributed by atoms with Crippen LogP contribution < -0.4 is 19.6 Å². The number of hydrogen-bond donors (Lipinski definition) is 1. The maximum Gasteiger partial charge on any atom is 0.277 e. The van der Waals surface area contributed by atoms with E-state index in [2.05, 4.69) is 24.4 Å². The molecular formula is C21H26N2O4. The average Bonchev–Trinajstić information content (AvgIpc) is 2.67. The van der Waals surface area contributed by atoms with Gasteiger partial charge in [0.05, 0.1) is 19.9 Å². The van der Waals surface area contributed by atoms with E-state index in [1.54, 1.807) is 19.2 Å². The van der Waals surface area contributed by atoms with Gasteiger partial charge in [-0.1, -0.05) is 26.0 Å². The van der Waals surface area contributed by atoms with Gasteiger partial charge in [0.25, 0.3) is 5.91 Å². The van der Waals surface area contributed by atoms with Gasteiger partial charge < -0.3 is 14.2 Å². The Hall–Kier alpha value is -3.02. The molecule has 0 spiro atoms. The molecule has 0 aliphatic rings. The standard InChI is InChI=1S/C21H26N2O4/c1-5-26-19-10-9-16(11-20(19)25-4)13-22-23-21(24)14-27-18-8-6-7-17(12-18)15(2)3/h6-13,15H,5,14H2,1-4H3,(H,23,24)/b22-13+. The highest BCUT2D eigenvalue weighted by Gasteiger charge is 2.06. The molecule has 1 N–H and O–H groups in total. The minimum Gasteiger partial charge on any atom is -0.493 e. The van der Waals surface area contributed by atoms with E-state index in [4.69, 9.17) is 14.2 Å². The molecule has 144 valence electrons. The van der Waals surface area contributed by atoms with Crippen molar-refractivity contribution in [1.82, 2.24) is 5.43 Å². The Bertz CT molecular complexity index is 788. The molecule has 0 aliphatic carbocycles. The number of ether oxygens (including phenoxy) is 3. The van der Waals surface area contributed by atoms with Crippen molar-refractivity contribution < 1.29 is 19.0 Å². The number of nitrogens with zero attached hydrogens (tertiary/aromatic N) is 1. The van der Waals surface area contributed by atoms with Gasteiger partial charge in [0.1, 0.15) is 5.75 Å². The fraction of sp³-hybridized carbons (Fsp3) is 0.333. The van der Waals surface area contributed by atoms with Crippen LogP contribution in [0.2, 0.25) is 0 Å². The van der Waals surface area contributed by atoms with Crippen LogP contribution in [0.25, 0.3) is 0 Å². The molecule has 0 radical (unpaired) electrons. The molecule has 0 bridgehead atoms. The Kier molecular flexibility index (Phi) is 7.67. The van der Waals surface area contributed by atoms with Crippen molar-refractivity contribution in [2.75, 3.05) is 20.3 Å². The number of benzene rings is 2. The number of carbonyl (C=O) groups is 1. The van der Waals surface area contributed by atoms with Crippen LogP contribution in [0.5, 0.6) is 17.2 Å². The van der Waals surface area contributed by atoms with E-state index in [0.29, 0.717) is 29.8 Å². The van der Waals surface area contributed by atoms with Gasteiger partial charge in [-0.25, -0.2) is 5.43 Å². The predicted molar refractivity (Wildman–Crippen MR) is 106 cm³/mol. The molecule has 2 aromatic carbocycles. The normalized spacial score (nSPS) is 10.9. The molecule has 0 saturated heterocycles. The van der Waals surface area contributed by atoms with Crippen LogP contribution in [0.1, 0.15) is 37.8 Å². The number of hydrogen-bond acceptors (Lipinski definition) is 5. The van der Waals surface area contributed by atoms with E-state index >= 15 is 0 Å². The van der Waals surface area contributed by atoms with Crippen LogP contribution in [0, 0.1) is 0 Å². The van der Waals surface area contributed by atoms with Gasteiger partial charge in [-0.2, -0.15) is 5.10 Å². The van der Waals surface area contributed by atoms with Gasteiger partial charge in [0.15, 0.2) is 18.1 Å². The Morgan fingerprint density at radius 3 is 2.67 bits per heavy atom. The van der Waals surface area contributed by atoms with Gasteiger partial charge in [-0.3, -0.25) is 4.79 Å². The minimum atomic E-state index is -0.334. The number of rotatable bonds is 9. The van der Waals surface area contributed by atoms with E-state index in [1.807, 2.05) is 37.3 Å². The van der Waals surface area contributed by atoms with Gasteiger partial charge >= 0.3 is 0 Å². The first kappa shape index (κ1) is 20.3. The van der Waals surface area contributed by atoms with Gasteiger partial charge in [-0.05, 0) is 54.3 Å². The van der Waals surface area contributed by atoms with Crippen molar-refractivity contribution in [3.63, 3.8) is 0 Å². The van der Waals surface area contributed by atoms with Crippen molar-refractivity contribution in [3.05, 3.63) is 53.6 Å². The summed E-state index contributed by atoms with van der Waals surface area (Å²) in [5, 5.41) is 3.95. The second kappa shape index (κ2) is 10.2. The molecule has 0 aromatic heterocycles. The van der Waals surface area contributed by atoms with Crippen molar-refractivity contribution in [3.8, 4) is 17.2 Å². The molecule has 0 fully saturated rings. The zero-order valence-electron chi connectivity index (χ0n) is 16.2. The van der Waals surface area contributed by atoms with Gasteiger partial charge in [0.2, 0.25) is 0 Å². The largest absolute Gasteiger partial charge is 0.493 e. The van der Waals surface area contributed by atoms with Crippen LogP contribution in [-0.2, 0) is 4.79 Å². The van der Waals surface area contributed by atoms with E-state index < -0.39 is 0 Å². The molecule has 0 saturated carbocycles. The van der Waals surface area contributed by atoms with E-state index in [-0.39, 0.29) is 12.5 Å². The predicted octanol–water partition coefficient (Wildman–Crippen LogP) is 3.75. The SMILES string of the molecule is CCOc1ccc(/C=N/NC(=O)COc2cccc(C(C)C)c2)cc1OC. The lowest BCUT2D eigenvalue weighted by molar-refractivity contribution is -0.123. The summed E-state index contributed by atoms with van der Waals surface area (Å²) in [6, 6.07) is 13.1. The molecule has 0 aliphatic heterocycles. The number of nitrogens with one attached hydrogen (secondary N) is 1. The minimum absolute atomic E-state index is 0.106. The van der Waals surface area contributed by atoms with Gasteiger partial charge in [0, 0.05) is 0 Å². The monoisotopic (exact) mass is 370 g/mol. The van der Waals surface area contributed by atoms with Crippen LogP contribution >= 0.6 is 0 Å². The highest BCUT2D eigenvalue weighted by atomic mass is 16.5. The lowest BCUT2D eigenvalue weighted by Gasteiger charge is -2.10. The zero-order chi connectivity index (χ0) is 19.6. The molecule has 0 heterocycles. The molecule has 27 heavy (non-hydrogen) atoms. The topological polar surface area (TPSA) is 69.2 Å². The smallest absolute Gasteiger partial charge is 0.277 e. The molecule has 6 heteroatoms. The van der Waals surface area contributed by atoms with Crippen LogP contribution in [-0.4, -0.2) is 32.4 Å². The molecule has 1 amide bonds. The molecule has 0 atom stereocenters. The summed E-state index contributed by atoms with van der Waals surface area (Å²) in [4.78, 5) is 11.9. The summed E-state index contributed by atoms with van der Waals surface area (Å²) in [5.74, 6) is 2.01. The van der Waals surface area contributed by atoms with Crippen LogP contribution in [0.4, 0.5) is 0 Å². The number of hydrazone groups is 1. The number of amides is 1. The van der Waals surface area contributed by atoms with Crippen LogP contribution in [0.15, 0.2) is 47.6 Å². The first-order chi connectivity index (χ1) is 13.0. The highest BCUT2D eigenvalue weighted by molar-refractivity contribution is 5.83. The first-order valence-electron chi connectivity index (χ1n) is 8.89. The quantitative estimate of drug-likeness (QED) is 0.539. The summed E-state index contributed by atoms with van der Waals surface area (Å²) >= 11 is 0. The molecule has 0 unspecified atom stereocenters. The maximum absolute atomic E-state index is 11.9. The number of methoxy groups -OCH3 is 1. The van der Waals surface area contributed by atoms with Crippen molar-refractivity contribution in [2.24, 2.45) is 5.10 Å². The number of carbonyl (C=O) groups excluding carboxylic acids is 1. The summed E-state index contributed by atoms with van der Waals surface area (Å²) in [7, 11) is 1.58. The summed E-state index contributed by atoms with van der Waals surface area (Å²) in [6.07, 6.45) is 1.54. The van der Waals surface area contributed by atoms with Crippen molar-refractivity contribution in [1.29, 1.82) is 0 Å². The van der Waals surface area contributed by atoms with Crippen molar-refractivity contribution in [2.45, 2.75) is 26.7 Å². The summed E-state index contributed by atoms with van der Waals surface area (Å²) in [5.41, 5.74) is 4.39. The third-order valence-corrected chi connectivity index (χ3v) is 3.79. The van der Waals surface area contributed by atoms with E-state index in [9.17, 15) is 4.79 Å². The maximum atomic E-state index is 11.9. The van der Waals surface area contributed by atoms with Crippen molar-refractivity contribution >= 4 is 12.1 Å². The molecular weight excluding hydrogens is 344 g/mol. The van der Waals surface area contributed by atoms with E-state index in [0.717, 1.165) is 11.1 Å². The van der Waals surface area contributed by atoms with Crippen LogP contribution in [0.3, 0.4) is 0 Å². The molecule has 2 rings (SSSR count). The Morgan fingerprint density at radius 2 is 1.96 bits per heavy atom. The highest BCUT2D eigenvalue weighted by Crippen LogP contribution is 2.27. The fourth-order valence-corrected chi connectivity index (χ4v) is 2.36. The summed E-state index contributed by atoms with van der Waals surface area (Å²) in [6.45, 7) is 6.57. The lowest BCUT2D eigenvalue weighted by Crippen LogP contribution is -2.24. The summed E-state index contributed by atoms with van der Waals surface area (Å²) < 4.78 is 16.3. The Balaban J connectivity index is 1.87. The molecule has 2 aromatic rings. The average molecular weight is 370 g/mol. The third kappa shape index (κ3) is 6.33. The van der Waals surface area contributed by atoms with E-state index in [1.165, 1.54) is 6.21 Å². The lowest BCUT2D eigenvalue weighted by atomic mass is 10.0. The second-order valence-corrected chi connectivity index (χ2v) is 6.15. The molecule has 6 nitrogen and oxygen atoms in total. The Morgan fingerprint density at radius 1 is 1.15 bits per heavy atom.